The van der Waals surface area contributed by atoms with E-state index in [1.54, 1.807) is 0 Å². The first-order valence-electron chi connectivity index (χ1n) is 7.67. The number of hydrogen-bond donors (Lipinski definition) is 1. The van der Waals surface area contributed by atoms with Crippen LogP contribution in [0.5, 0.6) is 0 Å². The summed E-state index contributed by atoms with van der Waals surface area (Å²) in [5.74, 6) is 1.15. The molecule has 2 N–H and O–H groups in total. The zero-order chi connectivity index (χ0) is 14.7. The van der Waals surface area contributed by atoms with E-state index in [-0.39, 0.29) is 0 Å². The van der Waals surface area contributed by atoms with Crippen LogP contribution in [0.3, 0.4) is 0 Å². The molecule has 6 nitrogen and oxygen atoms in total. The number of aromatic nitrogens is 4. The van der Waals surface area contributed by atoms with Crippen LogP contribution >= 0.6 is 11.5 Å². The van der Waals surface area contributed by atoms with Gasteiger partial charge in [-0.25, -0.2) is 0 Å². The SMILES string of the molecule is CCCc1nnsc1-c1nc(C2(N)CCCCCC2)no1. The lowest BCUT2D eigenvalue weighted by molar-refractivity contribution is 0.334. The van der Waals surface area contributed by atoms with Crippen LogP contribution in [-0.2, 0) is 12.0 Å². The van der Waals surface area contributed by atoms with Crippen LogP contribution in [0.15, 0.2) is 4.52 Å². The quantitative estimate of drug-likeness (QED) is 0.873. The number of nitrogens with zero attached hydrogens (tertiary/aromatic N) is 4. The molecule has 0 amide bonds. The highest BCUT2D eigenvalue weighted by Crippen LogP contribution is 2.34. The van der Waals surface area contributed by atoms with Crippen molar-refractivity contribution in [1.82, 2.24) is 19.7 Å². The molecule has 0 aliphatic heterocycles. The third-order valence-electron chi connectivity index (χ3n) is 4.10. The molecule has 21 heavy (non-hydrogen) atoms. The standard InChI is InChI=1S/C14H21N5OS/c1-2-7-10-11(21-19-17-10)12-16-13(18-20-12)14(15)8-5-3-4-6-9-14/h2-9,15H2,1H3. The largest absolute Gasteiger partial charge is 0.333 e. The first-order chi connectivity index (χ1) is 10.2. The van der Waals surface area contributed by atoms with Crippen molar-refractivity contribution in [3.63, 3.8) is 0 Å². The zero-order valence-electron chi connectivity index (χ0n) is 12.3. The molecule has 3 rings (SSSR count). The summed E-state index contributed by atoms with van der Waals surface area (Å²) in [4.78, 5) is 5.44. The molecule has 0 aromatic carbocycles. The molecule has 1 aliphatic rings. The minimum atomic E-state index is -0.443. The Bertz CT molecular complexity index is 586. The minimum absolute atomic E-state index is 0.443. The predicted molar refractivity (Wildman–Crippen MR) is 80.8 cm³/mol. The van der Waals surface area contributed by atoms with E-state index in [4.69, 9.17) is 10.3 Å². The van der Waals surface area contributed by atoms with Gasteiger partial charge in [-0.15, -0.1) is 5.10 Å². The zero-order valence-corrected chi connectivity index (χ0v) is 13.2. The Morgan fingerprint density at radius 3 is 2.71 bits per heavy atom. The summed E-state index contributed by atoms with van der Waals surface area (Å²) in [7, 11) is 0. The molecule has 2 aromatic heterocycles. The van der Waals surface area contributed by atoms with Crippen molar-refractivity contribution < 1.29 is 4.52 Å². The Morgan fingerprint density at radius 1 is 1.24 bits per heavy atom. The molecule has 2 heterocycles. The number of nitrogens with two attached hydrogens (primary N) is 1. The first-order valence-corrected chi connectivity index (χ1v) is 8.45. The molecule has 0 spiro atoms. The summed E-state index contributed by atoms with van der Waals surface area (Å²) in [5, 5.41) is 8.30. The van der Waals surface area contributed by atoms with Gasteiger partial charge in [-0.1, -0.05) is 48.7 Å². The topological polar surface area (TPSA) is 90.7 Å². The van der Waals surface area contributed by atoms with Crippen LogP contribution in [-0.4, -0.2) is 19.7 Å². The highest BCUT2D eigenvalue weighted by molar-refractivity contribution is 7.09. The van der Waals surface area contributed by atoms with E-state index in [0.717, 1.165) is 49.1 Å². The van der Waals surface area contributed by atoms with Gasteiger partial charge in [-0.2, -0.15) is 4.98 Å². The van der Waals surface area contributed by atoms with E-state index in [9.17, 15) is 0 Å². The Labute approximate surface area is 128 Å². The van der Waals surface area contributed by atoms with Gasteiger partial charge in [-0.05, 0) is 30.8 Å². The fourth-order valence-electron chi connectivity index (χ4n) is 2.87. The summed E-state index contributed by atoms with van der Waals surface area (Å²) in [6.07, 6.45) is 8.47. The molecule has 0 atom stereocenters. The van der Waals surface area contributed by atoms with Crippen LogP contribution < -0.4 is 5.73 Å². The molecular weight excluding hydrogens is 286 g/mol. The minimum Gasteiger partial charge on any atom is -0.333 e. The van der Waals surface area contributed by atoms with Crippen LogP contribution in [0, 0.1) is 0 Å². The normalized spacial score (nSPS) is 18.6. The molecule has 1 fully saturated rings. The average molecular weight is 307 g/mol. The monoisotopic (exact) mass is 307 g/mol. The van der Waals surface area contributed by atoms with Gasteiger partial charge in [0.05, 0.1) is 11.2 Å². The fraction of sp³-hybridized carbons (Fsp3) is 0.714. The first kappa shape index (κ1) is 14.6. The highest BCUT2D eigenvalue weighted by atomic mass is 32.1. The van der Waals surface area contributed by atoms with E-state index >= 15 is 0 Å². The van der Waals surface area contributed by atoms with Crippen molar-refractivity contribution in [3.8, 4) is 10.8 Å². The second kappa shape index (κ2) is 6.19. The third kappa shape index (κ3) is 2.98. The maximum Gasteiger partial charge on any atom is 0.271 e. The molecule has 7 heteroatoms. The second-order valence-electron chi connectivity index (χ2n) is 5.79. The summed E-state index contributed by atoms with van der Waals surface area (Å²) >= 11 is 1.31. The van der Waals surface area contributed by atoms with E-state index < -0.39 is 5.54 Å². The van der Waals surface area contributed by atoms with Gasteiger partial charge in [0.1, 0.15) is 4.88 Å². The number of hydrogen-bond acceptors (Lipinski definition) is 7. The lowest BCUT2D eigenvalue weighted by atomic mass is 9.91. The number of aryl methyl sites for hydroxylation is 1. The van der Waals surface area contributed by atoms with Gasteiger partial charge in [0, 0.05) is 0 Å². The molecule has 2 aromatic rings. The Morgan fingerprint density at radius 2 is 2.00 bits per heavy atom. The van der Waals surface area contributed by atoms with Crippen LogP contribution in [0.2, 0.25) is 0 Å². The molecule has 0 unspecified atom stereocenters. The van der Waals surface area contributed by atoms with Crippen molar-refractivity contribution in [2.45, 2.75) is 63.8 Å². The van der Waals surface area contributed by atoms with E-state index in [1.807, 2.05) is 0 Å². The molecule has 0 bridgehead atoms. The van der Waals surface area contributed by atoms with Gasteiger partial charge in [-0.3, -0.25) is 0 Å². The molecule has 1 saturated carbocycles. The second-order valence-corrected chi connectivity index (χ2v) is 6.55. The highest BCUT2D eigenvalue weighted by Gasteiger charge is 2.34. The van der Waals surface area contributed by atoms with Crippen molar-refractivity contribution in [3.05, 3.63) is 11.5 Å². The van der Waals surface area contributed by atoms with Crippen molar-refractivity contribution in [2.75, 3.05) is 0 Å². The van der Waals surface area contributed by atoms with Gasteiger partial charge in [0.15, 0.2) is 5.82 Å². The summed E-state index contributed by atoms with van der Waals surface area (Å²) in [6.45, 7) is 2.11. The van der Waals surface area contributed by atoms with E-state index in [0.29, 0.717) is 11.7 Å². The van der Waals surface area contributed by atoms with E-state index in [1.165, 1.54) is 24.4 Å². The van der Waals surface area contributed by atoms with Gasteiger partial charge in [0.2, 0.25) is 0 Å². The Balaban J connectivity index is 1.87. The Hall–Kier alpha value is -1.34. The molecule has 1 aliphatic carbocycles. The van der Waals surface area contributed by atoms with Crippen molar-refractivity contribution in [2.24, 2.45) is 5.73 Å². The van der Waals surface area contributed by atoms with E-state index in [2.05, 4.69) is 26.7 Å². The molecular formula is C14H21N5OS. The third-order valence-corrected chi connectivity index (χ3v) is 4.86. The van der Waals surface area contributed by atoms with Gasteiger partial charge in [0.25, 0.3) is 5.89 Å². The van der Waals surface area contributed by atoms with Crippen LogP contribution in [0.1, 0.15) is 63.4 Å². The maximum atomic E-state index is 6.53. The van der Waals surface area contributed by atoms with Gasteiger partial charge < -0.3 is 10.3 Å². The van der Waals surface area contributed by atoms with Crippen molar-refractivity contribution >= 4 is 11.5 Å². The molecule has 114 valence electrons. The fourth-order valence-corrected chi connectivity index (χ4v) is 3.50. The maximum absolute atomic E-state index is 6.53. The smallest absolute Gasteiger partial charge is 0.271 e. The lowest BCUT2D eigenvalue weighted by Gasteiger charge is -2.23. The molecule has 0 radical (unpaired) electrons. The predicted octanol–water partition coefficient (Wildman–Crippen LogP) is 3.05. The van der Waals surface area contributed by atoms with Gasteiger partial charge >= 0.3 is 0 Å². The summed E-state index contributed by atoms with van der Waals surface area (Å²) in [5.41, 5.74) is 7.02. The Kier molecular flexibility index (Phi) is 4.30. The average Bonchev–Trinajstić information content (AvgIpc) is 3.07. The lowest BCUT2D eigenvalue weighted by Crippen LogP contribution is -2.37. The van der Waals surface area contributed by atoms with Crippen LogP contribution in [0.4, 0.5) is 0 Å². The van der Waals surface area contributed by atoms with Crippen molar-refractivity contribution in [1.29, 1.82) is 0 Å². The van der Waals surface area contributed by atoms with Crippen LogP contribution in [0.25, 0.3) is 10.8 Å². The summed E-state index contributed by atoms with van der Waals surface area (Å²) in [6, 6.07) is 0. The summed E-state index contributed by atoms with van der Waals surface area (Å²) < 4.78 is 9.45. The molecule has 0 saturated heterocycles. The number of rotatable bonds is 4.